The maximum atomic E-state index is 11.9. The van der Waals surface area contributed by atoms with Crippen LogP contribution in [0.4, 0.5) is 5.69 Å². The van der Waals surface area contributed by atoms with Gasteiger partial charge in [0.1, 0.15) is 17.5 Å². The zero-order chi connectivity index (χ0) is 14.0. The molecule has 2 N–H and O–H groups in total. The van der Waals surface area contributed by atoms with Crippen LogP contribution in [0.25, 0.3) is 0 Å². The summed E-state index contributed by atoms with van der Waals surface area (Å²) in [6.07, 6.45) is 0. The molecular weight excluding hydrogens is 334 g/mol. The maximum absolute atomic E-state index is 11.9. The maximum Gasteiger partial charge on any atom is 0.258 e. The molecular formula is C12H7BrClN3O2. The summed E-state index contributed by atoms with van der Waals surface area (Å²) in [6.45, 7) is 0. The molecule has 5 nitrogen and oxygen atoms in total. The molecule has 0 bridgehead atoms. The van der Waals surface area contributed by atoms with Crippen molar-refractivity contribution >= 4 is 44.9 Å². The molecule has 1 heterocycles. The Morgan fingerprint density at radius 2 is 2.16 bits per heavy atom. The number of ketones is 1. The standard InChI is InChI=1S/C12H7BrClN3O2/c13-6-1-2-7-9(3-6)16-11(17-12(7)19)8(5-15)10(18)4-14/h1-3,16H,4H2,(H,17,19)/b11-8-. The first-order valence-electron chi connectivity index (χ1n) is 5.18. The summed E-state index contributed by atoms with van der Waals surface area (Å²) in [7, 11) is 0. The summed E-state index contributed by atoms with van der Waals surface area (Å²) in [5.41, 5.74) is 0.750. The number of anilines is 1. The van der Waals surface area contributed by atoms with Crippen molar-refractivity contribution in [3.63, 3.8) is 0 Å². The number of carbonyl (C=O) groups excluding carboxylic acids is 2. The average Bonchev–Trinajstić information content (AvgIpc) is 2.38. The number of benzene rings is 1. The molecule has 7 heteroatoms. The Bertz CT molecular complexity index is 649. The van der Waals surface area contributed by atoms with E-state index in [9.17, 15) is 9.59 Å². The van der Waals surface area contributed by atoms with Gasteiger partial charge in [-0.3, -0.25) is 9.59 Å². The Morgan fingerprint density at radius 3 is 2.79 bits per heavy atom. The van der Waals surface area contributed by atoms with E-state index in [4.69, 9.17) is 16.9 Å². The quantitative estimate of drug-likeness (QED) is 0.491. The Kier molecular flexibility index (Phi) is 3.88. The number of carbonyl (C=O) groups is 2. The van der Waals surface area contributed by atoms with Crippen molar-refractivity contribution in [1.29, 1.82) is 5.26 Å². The lowest BCUT2D eigenvalue weighted by Crippen LogP contribution is -2.35. The number of nitrogens with zero attached hydrogens (tertiary/aromatic N) is 1. The highest BCUT2D eigenvalue weighted by atomic mass is 79.9. The van der Waals surface area contributed by atoms with Gasteiger partial charge in [0.2, 0.25) is 0 Å². The zero-order valence-corrected chi connectivity index (χ0v) is 11.8. The van der Waals surface area contributed by atoms with Gasteiger partial charge in [0.25, 0.3) is 5.91 Å². The van der Waals surface area contributed by atoms with Gasteiger partial charge in [-0.25, -0.2) is 0 Å². The molecule has 1 aromatic carbocycles. The lowest BCUT2D eigenvalue weighted by atomic mass is 10.1. The van der Waals surface area contributed by atoms with Crippen LogP contribution in [0.1, 0.15) is 10.4 Å². The molecule has 0 saturated heterocycles. The molecule has 96 valence electrons. The third-order valence-electron chi connectivity index (χ3n) is 2.49. The first-order chi connectivity index (χ1) is 9.06. The molecule has 0 unspecified atom stereocenters. The topological polar surface area (TPSA) is 82.0 Å². The number of halogens is 2. The van der Waals surface area contributed by atoms with Crippen LogP contribution in [0, 0.1) is 11.3 Å². The minimum atomic E-state index is -0.551. The monoisotopic (exact) mass is 339 g/mol. The number of hydrogen-bond acceptors (Lipinski definition) is 4. The predicted octanol–water partition coefficient (Wildman–Crippen LogP) is 2.15. The number of nitrogens with one attached hydrogen (secondary N) is 2. The fourth-order valence-corrected chi connectivity index (χ4v) is 2.11. The number of Topliss-reactive ketones (excluding diaryl/α,β-unsaturated/α-hetero) is 1. The largest absolute Gasteiger partial charge is 0.340 e. The first kappa shape index (κ1) is 13.6. The smallest absolute Gasteiger partial charge is 0.258 e. The van der Waals surface area contributed by atoms with Gasteiger partial charge in [0, 0.05) is 4.47 Å². The molecule has 19 heavy (non-hydrogen) atoms. The van der Waals surface area contributed by atoms with E-state index in [0.29, 0.717) is 11.3 Å². The van der Waals surface area contributed by atoms with Crippen LogP contribution < -0.4 is 10.6 Å². The molecule has 1 amide bonds. The fourth-order valence-electron chi connectivity index (χ4n) is 1.61. The van der Waals surface area contributed by atoms with E-state index >= 15 is 0 Å². The van der Waals surface area contributed by atoms with Crippen LogP contribution in [0.3, 0.4) is 0 Å². The third-order valence-corrected chi connectivity index (χ3v) is 3.22. The van der Waals surface area contributed by atoms with Crippen molar-refractivity contribution in [3.05, 3.63) is 39.6 Å². The number of nitriles is 1. The van der Waals surface area contributed by atoms with E-state index in [1.54, 1.807) is 24.3 Å². The molecule has 0 fully saturated rings. The molecule has 2 rings (SSSR count). The molecule has 1 aromatic rings. The fraction of sp³-hybridized carbons (Fsp3) is 0.0833. The van der Waals surface area contributed by atoms with Gasteiger partial charge in [0.15, 0.2) is 5.78 Å². The zero-order valence-electron chi connectivity index (χ0n) is 9.46. The number of allylic oxidation sites excluding steroid dienone is 1. The second-order valence-corrected chi connectivity index (χ2v) is 4.87. The van der Waals surface area contributed by atoms with Crippen molar-refractivity contribution < 1.29 is 9.59 Å². The van der Waals surface area contributed by atoms with Gasteiger partial charge >= 0.3 is 0 Å². The lowest BCUT2D eigenvalue weighted by molar-refractivity contribution is -0.113. The van der Waals surface area contributed by atoms with Gasteiger partial charge in [-0.2, -0.15) is 5.26 Å². The van der Waals surface area contributed by atoms with Crippen LogP contribution in [0.15, 0.2) is 34.1 Å². The average molecular weight is 341 g/mol. The number of amides is 1. The number of hydrogen-bond donors (Lipinski definition) is 2. The highest BCUT2D eigenvalue weighted by Crippen LogP contribution is 2.26. The van der Waals surface area contributed by atoms with Crippen LogP contribution in [0.2, 0.25) is 0 Å². The minimum absolute atomic E-state index is 0.0590. The minimum Gasteiger partial charge on any atom is -0.340 e. The van der Waals surface area contributed by atoms with Crippen molar-refractivity contribution in [3.8, 4) is 6.07 Å². The van der Waals surface area contributed by atoms with Gasteiger partial charge in [0.05, 0.1) is 17.1 Å². The van der Waals surface area contributed by atoms with Crippen LogP contribution >= 0.6 is 27.5 Å². The normalized spacial score (nSPS) is 15.7. The van der Waals surface area contributed by atoms with Crippen molar-refractivity contribution in [1.82, 2.24) is 5.32 Å². The van der Waals surface area contributed by atoms with E-state index in [1.807, 2.05) is 0 Å². The van der Waals surface area contributed by atoms with Crippen molar-refractivity contribution in [2.45, 2.75) is 0 Å². The molecule has 1 aliphatic rings. The number of fused-ring (bicyclic) bond motifs is 1. The number of rotatable bonds is 2. The highest BCUT2D eigenvalue weighted by Gasteiger charge is 2.24. The highest BCUT2D eigenvalue weighted by molar-refractivity contribution is 9.10. The molecule has 0 aromatic heterocycles. The Labute approximate surface area is 122 Å². The van der Waals surface area contributed by atoms with Crippen LogP contribution in [0.5, 0.6) is 0 Å². The SMILES string of the molecule is N#C/C(C(=O)CCl)=C1/NC(=O)c2ccc(Br)cc2N1. The molecule has 0 radical (unpaired) electrons. The second kappa shape index (κ2) is 5.43. The van der Waals surface area contributed by atoms with E-state index in [1.165, 1.54) is 0 Å². The molecule has 0 saturated carbocycles. The van der Waals surface area contributed by atoms with Gasteiger partial charge in [-0.05, 0) is 18.2 Å². The Hall–Kier alpha value is -1.84. The summed E-state index contributed by atoms with van der Waals surface area (Å²) in [6, 6.07) is 6.79. The summed E-state index contributed by atoms with van der Waals surface area (Å²) in [4.78, 5) is 23.4. The third kappa shape index (κ3) is 2.62. The van der Waals surface area contributed by atoms with E-state index in [2.05, 4.69) is 26.6 Å². The number of alkyl halides is 1. The first-order valence-corrected chi connectivity index (χ1v) is 6.51. The lowest BCUT2D eigenvalue weighted by Gasteiger charge is -2.22. The Balaban J connectivity index is 2.51. The summed E-state index contributed by atoms with van der Waals surface area (Å²) >= 11 is 8.71. The van der Waals surface area contributed by atoms with Crippen LogP contribution in [-0.2, 0) is 4.79 Å². The Morgan fingerprint density at radius 1 is 1.42 bits per heavy atom. The molecule has 1 aliphatic heterocycles. The summed E-state index contributed by atoms with van der Waals surface area (Å²) in [5.74, 6) is -1.20. The molecule has 0 spiro atoms. The van der Waals surface area contributed by atoms with Crippen LogP contribution in [-0.4, -0.2) is 17.6 Å². The van der Waals surface area contributed by atoms with Gasteiger partial charge in [-0.1, -0.05) is 15.9 Å². The second-order valence-electron chi connectivity index (χ2n) is 3.69. The van der Waals surface area contributed by atoms with Crippen molar-refractivity contribution in [2.24, 2.45) is 0 Å². The van der Waals surface area contributed by atoms with Gasteiger partial charge in [-0.15, -0.1) is 11.6 Å². The summed E-state index contributed by atoms with van der Waals surface area (Å²) < 4.78 is 0.773. The predicted molar refractivity (Wildman–Crippen MR) is 73.6 cm³/mol. The van der Waals surface area contributed by atoms with E-state index in [-0.39, 0.29) is 23.2 Å². The van der Waals surface area contributed by atoms with E-state index < -0.39 is 5.78 Å². The summed E-state index contributed by atoms with van der Waals surface area (Å²) in [5, 5.41) is 14.3. The molecule has 0 aliphatic carbocycles. The van der Waals surface area contributed by atoms with E-state index in [0.717, 1.165) is 4.47 Å². The van der Waals surface area contributed by atoms with Gasteiger partial charge < -0.3 is 10.6 Å². The molecule has 0 atom stereocenters. The van der Waals surface area contributed by atoms with Crippen molar-refractivity contribution in [2.75, 3.05) is 11.2 Å².